The van der Waals surface area contributed by atoms with Crippen LogP contribution in [0, 0.1) is 0 Å². The summed E-state index contributed by atoms with van der Waals surface area (Å²) in [5.41, 5.74) is 0. The molecular formula is C15H32N2. The number of likely N-dealkylation sites (tertiary alicyclic amines) is 1. The molecule has 0 aliphatic carbocycles. The van der Waals surface area contributed by atoms with Crippen LogP contribution in [-0.4, -0.2) is 36.1 Å². The molecule has 0 aromatic carbocycles. The van der Waals surface area contributed by atoms with Crippen molar-refractivity contribution in [3.05, 3.63) is 0 Å². The predicted molar refractivity (Wildman–Crippen MR) is 76.5 cm³/mol. The highest BCUT2D eigenvalue weighted by atomic mass is 15.2. The Hall–Kier alpha value is -0.0800. The second-order valence-electron chi connectivity index (χ2n) is 5.58. The summed E-state index contributed by atoms with van der Waals surface area (Å²) in [6.07, 6.45) is 8.01. The fourth-order valence-corrected chi connectivity index (χ4v) is 3.30. The van der Waals surface area contributed by atoms with E-state index in [1.165, 1.54) is 51.6 Å². The smallest absolute Gasteiger partial charge is 0.0226 e. The number of hydrogen-bond donors (Lipinski definition) is 1. The zero-order valence-electron chi connectivity index (χ0n) is 12.3. The molecule has 0 saturated carbocycles. The van der Waals surface area contributed by atoms with E-state index in [1.54, 1.807) is 0 Å². The van der Waals surface area contributed by atoms with Crippen molar-refractivity contribution in [2.24, 2.45) is 0 Å². The first-order valence-corrected chi connectivity index (χ1v) is 7.72. The van der Waals surface area contributed by atoms with E-state index >= 15 is 0 Å². The molecule has 1 rings (SSSR count). The van der Waals surface area contributed by atoms with Crippen LogP contribution in [0.15, 0.2) is 0 Å². The van der Waals surface area contributed by atoms with Crippen LogP contribution < -0.4 is 5.32 Å². The average Bonchev–Trinajstić information content (AvgIpc) is 2.69. The van der Waals surface area contributed by atoms with Gasteiger partial charge in [-0.15, -0.1) is 0 Å². The van der Waals surface area contributed by atoms with Crippen molar-refractivity contribution in [3.8, 4) is 0 Å². The molecule has 17 heavy (non-hydrogen) atoms. The number of hydrogen-bond acceptors (Lipinski definition) is 2. The molecule has 1 saturated heterocycles. The molecule has 1 N–H and O–H groups in total. The van der Waals surface area contributed by atoms with Crippen molar-refractivity contribution in [2.45, 2.75) is 84.3 Å². The van der Waals surface area contributed by atoms with Crippen molar-refractivity contribution in [1.82, 2.24) is 10.2 Å². The Balaban J connectivity index is 2.53. The van der Waals surface area contributed by atoms with Crippen LogP contribution in [0.25, 0.3) is 0 Å². The fourth-order valence-electron chi connectivity index (χ4n) is 3.30. The molecule has 3 atom stereocenters. The van der Waals surface area contributed by atoms with E-state index in [4.69, 9.17) is 0 Å². The average molecular weight is 240 g/mol. The van der Waals surface area contributed by atoms with Crippen molar-refractivity contribution >= 4 is 0 Å². The maximum absolute atomic E-state index is 3.62. The largest absolute Gasteiger partial charge is 0.315 e. The quantitative estimate of drug-likeness (QED) is 0.654. The van der Waals surface area contributed by atoms with Gasteiger partial charge in [-0.2, -0.15) is 0 Å². The third-order valence-corrected chi connectivity index (χ3v) is 4.17. The molecule has 0 aromatic rings. The SMILES string of the molecule is CCCNCC(CCC)N1C(C)CCC1CC. The van der Waals surface area contributed by atoms with Crippen LogP contribution in [0.5, 0.6) is 0 Å². The molecule has 3 unspecified atom stereocenters. The van der Waals surface area contributed by atoms with Crippen LogP contribution in [-0.2, 0) is 0 Å². The zero-order valence-corrected chi connectivity index (χ0v) is 12.3. The second-order valence-corrected chi connectivity index (χ2v) is 5.58. The molecule has 102 valence electrons. The molecule has 0 amide bonds. The molecule has 0 aromatic heterocycles. The zero-order chi connectivity index (χ0) is 12.7. The summed E-state index contributed by atoms with van der Waals surface area (Å²) in [6.45, 7) is 11.7. The van der Waals surface area contributed by atoms with Crippen molar-refractivity contribution < 1.29 is 0 Å². The summed E-state index contributed by atoms with van der Waals surface area (Å²) in [5, 5.41) is 3.62. The first-order chi connectivity index (χ1) is 8.24. The maximum atomic E-state index is 3.62. The van der Waals surface area contributed by atoms with Gasteiger partial charge in [-0.05, 0) is 45.6 Å². The Labute approximate surface area is 108 Å². The first-order valence-electron chi connectivity index (χ1n) is 7.72. The molecule has 1 aliphatic heterocycles. The second kappa shape index (κ2) is 8.10. The minimum atomic E-state index is 0.758. The lowest BCUT2D eigenvalue weighted by molar-refractivity contribution is 0.123. The number of nitrogens with zero attached hydrogens (tertiary/aromatic N) is 1. The first kappa shape index (κ1) is 15.0. The molecule has 1 aliphatic rings. The van der Waals surface area contributed by atoms with Gasteiger partial charge in [0.05, 0.1) is 0 Å². The van der Waals surface area contributed by atoms with E-state index in [0.29, 0.717) is 0 Å². The molecule has 2 heteroatoms. The van der Waals surface area contributed by atoms with Gasteiger partial charge in [0.15, 0.2) is 0 Å². The summed E-state index contributed by atoms with van der Waals surface area (Å²) in [7, 11) is 0. The minimum Gasteiger partial charge on any atom is -0.315 e. The summed E-state index contributed by atoms with van der Waals surface area (Å²) >= 11 is 0. The Morgan fingerprint density at radius 1 is 1.18 bits per heavy atom. The van der Waals surface area contributed by atoms with Gasteiger partial charge in [0.1, 0.15) is 0 Å². The lowest BCUT2D eigenvalue weighted by atomic mass is 10.1. The highest BCUT2D eigenvalue weighted by molar-refractivity contribution is 4.90. The summed E-state index contributed by atoms with van der Waals surface area (Å²) in [5.74, 6) is 0. The van der Waals surface area contributed by atoms with Gasteiger partial charge in [0.2, 0.25) is 0 Å². The van der Waals surface area contributed by atoms with Crippen molar-refractivity contribution in [3.63, 3.8) is 0 Å². The van der Waals surface area contributed by atoms with Gasteiger partial charge in [0, 0.05) is 24.7 Å². The molecule has 1 heterocycles. The van der Waals surface area contributed by atoms with Gasteiger partial charge in [-0.25, -0.2) is 0 Å². The number of nitrogens with one attached hydrogen (secondary N) is 1. The summed E-state index contributed by atoms with van der Waals surface area (Å²) in [6, 6.07) is 2.39. The standard InChI is InChI=1S/C15H32N2/c1-5-8-15(12-16-11-6-2)17-13(4)9-10-14(17)7-3/h13-16H,5-12H2,1-4H3. The van der Waals surface area contributed by atoms with E-state index in [2.05, 4.69) is 37.9 Å². The van der Waals surface area contributed by atoms with E-state index in [1.807, 2.05) is 0 Å². The van der Waals surface area contributed by atoms with Gasteiger partial charge >= 0.3 is 0 Å². The Morgan fingerprint density at radius 2 is 1.94 bits per heavy atom. The molecule has 1 fully saturated rings. The molecule has 2 nitrogen and oxygen atoms in total. The van der Waals surface area contributed by atoms with Crippen molar-refractivity contribution in [1.29, 1.82) is 0 Å². The summed E-state index contributed by atoms with van der Waals surface area (Å²) < 4.78 is 0. The highest BCUT2D eigenvalue weighted by Gasteiger charge is 2.33. The van der Waals surface area contributed by atoms with Gasteiger partial charge in [0.25, 0.3) is 0 Å². The summed E-state index contributed by atoms with van der Waals surface area (Å²) in [4.78, 5) is 2.81. The highest BCUT2D eigenvalue weighted by Crippen LogP contribution is 2.29. The van der Waals surface area contributed by atoms with Gasteiger partial charge in [-0.1, -0.05) is 27.2 Å². The van der Waals surface area contributed by atoms with E-state index in [-0.39, 0.29) is 0 Å². The lowest BCUT2D eigenvalue weighted by Crippen LogP contribution is -2.47. The van der Waals surface area contributed by atoms with E-state index < -0.39 is 0 Å². The molecule has 0 spiro atoms. The van der Waals surface area contributed by atoms with Crippen LogP contribution in [0.2, 0.25) is 0 Å². The van der Waals surface area contributed by atoms with E-state index in [9.17, 15) is 0 Å². The Morgan fingerprint density at radius 3 is 2.53 bits per heavy atom. The third kappa shape index (κ3) is 4.26. The topological polar surface area (TPSA) is 15.3 Å². The van der Waals surface area contributed by atoms with Gasteiger partial charge < -0.3 is 5.32 Å². The maximum Gasteiger partial charge on any atom is 0.0226 e. The van der Waals surface area contributed by atoms with Crippen LogP contribution in [0.3, 0.4) is 0 Å². The molecule has 0 radical (unpaired) electrons. The van der Waals surface area contributed by atoms with E-state index in [0.717, 1.165) is 18.1 Å². The predicted octanol–water partition coefficient (Wildman–Crippen LogP) is 3.42. The Kier molecular flexibility index (Phi) is 7.14. The molecular weight excluding hydrogens is 208 g/mol. The van der Waals surface area contributed by atoms with Crippen LogP contribution in [0.1, 0.15) is 66.2 Å². The fraction of sp³-hybridized carbons (Fsp3) is 1.00. The minimum absolute atomic E-state index is 0.758. The van der Waals surface area contributed by atoms with Crippen molar-refractivity contribution in [2.75, 3.05) is 13.1 Å². The normalized spacial score (nSPS) is 27.5. The Bertz CT molecular complexity index is 193. The van der Waals surface area contributed by atoms with Gasteiger partial charge in [-0.3, -0.25) is 4.90 Å². The number of rotatable bonds is 8. The monoisotopic (exact) mass is 240 g/mol. The third-order valence-electron chi connectivity index (χ3n) is 4.17. The van der Waals surface area contributed by atoms with Crippen LogP contribution in [0.4, 0.5) is 0 Å². The molecule has 0 bridgehead atoms. The lowest BCUT2D eigenvalue weighted by Gasteiger charge is -2.36. The van der Waals surface area contributed by atoms with Crippen LogP contribution >= 0.6 is 0 Å².